The molecule has 2 amide bonds. The lowest BCUT2D eigenvalue weighted by atomic mass is 10.1. The molecule has 0 aliphatic heterocycles. The summed E-state index contributed by atoms with van der Waals surface area (Å²) in [6.07, 6.45) is 7.94. The third kappa shape index (κ3) is 4.83. The van der Waals surface area contributed by atoms with E-state index in [1.54, 1.807) is 12.0 Å². The van der Waals surface area contributed by atoms with Crippen molar-refractivity contribution in [2.45, 2.75) is 44.6 Å². The predicted octanol–water partition coefficient (Wildman–Crippen LogP) is 4.67. The van der Waals surface area contributed by atoms with E-state index in [1.165, 1.54) is 0 Å². The van der Waals surface area contributed by atoms with Crippen molar-refractivity contribution in [3.63, 3.8) is 0 Å². The van der Waals surface area contributed by atoms with E-state index >= 15 is 0 Å². The van der Waals surface area contributed by atoms with Gasteiger partial charge in [0.2, 0.25) is 17.8 Å². The monoisotopic (exact) mass is 458 g/mol. The van der Waals surface area contributed by atoms with Gasteiger partial charge in [0.25, 0.3) is 0 Å². The van der Waals surface area contributed by atoms with Crippen LogP contribution in [0.1, 0.15) is 38.5 Å². The maximum absolute atomic E-state index is 13.1. The summed E-state index contributed by atoms with van der Waals surface area (Å²) in [5, 5.41) is 2.97. The zero-order valence-corrected chi connectivity index (χ0v) is 19.4. The van der Waals surface area contributed by atoms with Gasteiger partial charge in [-0.1, -0.05) is 43.2 Å². The van der Waals surface area contributed by atoms with Gasteiger partial charge >= 0.3 is 0 Å². The van der Waals surface area contributed by atoms with Crippen molar-refractivity contribution in [3.8, 4) is 22.7 Å². The lowest BCUT2D eigenvalue weighted by Gasteiger charge is -2.25. The molecule has 7 nitrogen and oxygen atoms in total. The van der Waals surface area contributed by atoms with E-state index in [-0.39, 0.29) is 30.3 Å². The predicted molar refractivity (Wildman–Crippen MR) is 131 cm³/mol. The molecule has 0 bridgehead atoms. The Kier molecular flexibility index (Phi) is 6.34. The quantitative estimate of drug-likeness (QED) is 0.532. The van der Waals surface area contributed by atoms with E-state index in [0.29, 0.717) is 5.95 Å². The minimum Gasteiger partial charge on any atom is -0.497 e. The van der Waals surface area contributed by atoms with Crippen LogP contribution in [0.4, 0.5) is 5.95 Å². The Morgan fingerprint density at radius 2 is 1.74 bits per heavy atom. The molecule has 7 heteroatoms. The Bertz CT molecular complexity index is 1150. The second-order valence-corrected chi connectivity index (χ2v) is 9.11. The van der Waals surface area contributed by atoms with Gasteiger partial charge < -0.3 is 9.64 Å². The second-order valence-electron chi connectivity index (χ2n) is 9.11. The normalized spacial score (nSPS) is 15.8. The highest BCUT2D eigenvalue weighted by Crippen LogP contribution is 2.33. The van der Waals surface area contributed by atoms with E-state index in [4.69, 9.17) is 9.72 Å². The largest absolute Gasteiger partial charge is 0.497 e. The fourth-order valence-electron chi connectivity index (χ4n) is 4.66. The number of carbonyl (C=O) groups excluding carboxylic acids is 2. The average molecular weight is 459 g/mol. The molecule has 1 heterocycles. The summed E-state index contributed by atoms with van der Waals surface area (Å²) in [7, 11) is 1.63. The molecule has 0 atom stereocenters. The van der Waals surface area contributed by atoms with Crippen molar-refractivity contribution in [2.75, 3.05) is 19.0 Å². The average Bonchev–Trinajstić information content (AvgIpc) is 3.39. The first-order valence-electron chi connectivity index (χ1n) is 12.0. The van der Waals surface area contributed by atoms with Crippen molar-refractivity contribution in [1.29, 1.82) is 0 Å². The van der Waals surface area contributed by atoms with Crippen LogP contribution in [0.2, 0.25) is 0 Å². The molecule has 0 radical (unpaired) electrons. The van der Waals surface area contributed by atoms with Crippen molar-refractivity contribution in [2.24, 2.45) is 5.92 Å². The van der Waals surface area contributed by atoms with Crippen LogP contribution >= 0.6 is 0 Å². The minimum atomic E-state index is -0.224. The molecule has 0 unspecified atom stereocenters. The van der Waals surface area contributed by atoms with Crippen LogP contribution < -0.4 is 10.1 Å². The molecule has 0 spiro atoms. The van der Waals surface area contributed by atoms with Crippen LogP contribution in [-0.4, -0.2) is 46.0 Å². The summed E-state index contributed by atoms with van der Waals surface area (Å²) in [5.41, 5.74) is 2.57. The van der Waals surface area contributed by atoms with E-state index in [9.17, 15) is 9.59 Å². The number of methoxy groups -OCH3 is 1. The van der Waals surface area contributed by atoms with Crippen molar-refractivity contribution in [1.82, 2.24) is 14.5 Å². The zero-order chi connectivity index (χ0) is 23.5. The number of nitrogens with one attached hydrogen (secondary N) is 1. The van der Waals surface area contributed by atoms with E-state index in [0.717, 1.165) is 61.2 Å². The Morgan fingerprint density at radius 1 is 1.03 bits per heavy atom. The molecule has 3 aromatic rings. The molecule has 34 heavy (non-hydrogen) atoms. The van der Waals surface area contributed by atoms with Crippen LogP contribution in [-0.2, 0) is 9.59 Å². The fraction of sp³-hybridized carbons (Fsp3) is 0.370. The lowest BCUT2D eigenvalue weighted by molar-refractivity contribution is -0.138. The first-order valence-corrected chi connectivity index (χ1v) is 12.0. The number of ether oxygens (including phenoxy) is 1. The summed E-state index contributed by atoms with van der Waals surface area (Å²) >= 11 is 0. The van der Waals surface area contributed by atoms with Gasteiger partial charge in [-0.2, -0.15) is 0 Å². The number of imidazole rings is 1. The number of hydrogen-bond donors (Lipinski definition) is 1. The first-order chi connectivity index (χ1) is 16.6. The summed E-state index contributed by atoms with van der Waals surface area (Å²) in [5.74, 6) is 1.16. The number of hydrogen-bond acceptors (Lipinski definition) is 4. The maximum Gasteiger partial charge on any atom is 0.246 e. The van der Waals surface area contributed by atoms with E-state index in [1.807, 2.05) is 65.4 Å². The SMILES string of the molecule is COc1ccc(-n2cc(-c3ccccc3)nc2NC(=O)CN(C(=O)C2CCCC2)C2CC2)cc1. The number of nitrogens with zero attached hydrogens (tertiary/aromatic N) is 3. The number of benzene rings is 2. The topological polar surface area (TPSA) is 76.5 Å². The molecule has 1 aromatic heterocycles. The fourth-order valence-corrected chi connectivity index (χ4v) is 4.66. The number of anilines is 1. The number of rotatable bonds is 8. The Hall–Kier alpha value is -3.61. The third-order valence-corrected chi connectivity index (χ3v) is 6.67. The van der Waals surface area contributed by atoms with Gasteiger partial charge in [-0.25, -0.2) is 4.98 Å². The number of amides is 2. The summed E-state index contributed by atoms with van der Waals surface area (Å²) in [6.45, 7) is 0.0656. The van der Waals surface area contributed by atoms with Gasteiger partial charge in [0.15, 0.2) is 0 Å². The van der Waals surface area contributed by atoms with Crippen molar-refractivity contribution < 1.29 is 14.3 Å². The molecular formula is C27H30N4O3. The van der Waals surface area contributed by atoms with Crippen LogP contribution in [0.25, 0.3) is 16.9 Å². The van der Waals surface area contributed by atoms with E-state index < -0.39 is 0 Å². The smallest absolute Gasteiger partial charge is 0.246 e. The van der Waals surface area contributed by atoms with Crippen LogP contribution in [0, 0.1) is 5.92 Å². The highest BCUT2D eigenvalue weighted by Gasteiger charge is 2.37. The summed E-state index contributed by atoms with van der Waals surface area (Å²) in [6, 6.07) is 17.6. The number of aromatic nitrogens is 2. The molecule has 2 aromatic carbocycles. The molecule has 2 aliphatic rings. The molecule has 2 fully saturated rings. The van der Waals surface area contributed by atoms with Gasteiger partial charge in [0.1, 0.15) is 12.3 Å². The van der Waals surface area contributed by atoms with Crippen LogP contribution in [0.5, 0.6) is 5.75 Å². The van der Waals surface area contributed by atoms with Crippen molar-refractivity contribution in [3.05, 3.63) is 60.8 Å². The molecule has 176 valence electrons. The minimum absolute atomic E-state index is 0.0656. The Labute approximate surface area is 199 Å². The Balaban J connectivity index is 1.39. The highest BCUT2D eigenvalue weighted by molar-refractivity contribution is 5.94. The van der Waals surface area contributed by atoms with Crippen LogP contribution in [0.3, 0.4) is 0 Å². The van der Waals surface area contributed by atoms with Gasteiger partial charge in [-0.3, -0.25) is 19.5 Å². The lowest BCUT2D eigenvalue weighted by Crippen LogP contribution is -2.42. The molecule has 5 rings (SSSR count). The van der Waals surface area contributed by atoms with Gasteiger partial charge in [0, 0.05) is 29.4 Å². The second kappa shape index (κ2) is 9.71. The maximum atomic E-state index is 13.1. The highest BCUT2D eigenvalue weighted by atomic mass is 16.5. The molecule has 0 saturated heterocycles. The van der Waals surface area contributed by atoms with Crippen LogP contribution in [0.15, 0.2) is 60.8 Å². The molecule has 2 saturated carbocycles. The van der Waals surface area contributed by atoms with Gasteiger partial charge in [-0.05, 0) is 49.9 Å². The van der Waals surface area contributed by atoms with E-state index in [2.05, 4.69) is 5.32 Å². The van der Waals surface area contributed by atoms with Crippen molar-refractivity contribution >= 4 is 17.8 Å². The molecular weight excluding hydrogens is 428 g/mol. The van der Waals surface area contributed by atoms with Gasteiger partial charge in [-0.15, -0.1) is 0 Å². The first kappa shape index (κ1) is 22.2. The Morgan fingerprint density at radius 3 is 2.38 bits per heavy atom. The standard InChI is InChI=1S/C27H30N4O3/c1-34-23-15-13-22(14-16-23)31-17-24(19-7-3-2-4-8-19)28-27(31)29-25(32)18-30(21-11-12-21)26(33)20-9-5-6-10-20/h2-4,7-8,13-17,20-21H,5-6,9-12,18H2,1H3,(H,28,29,32). The number of carbonyl (C=O) groups is 2. The summed E-state index contributed by atoms with van der Waals surface area (Å²) < 4.78 is 7.14. The molecule has 2 aliphatic carbocycles. The summed E-state index contributed by atoms with van der Waals surface area (Å²) in [4.78, 5) is 32.7. The molecule has 1 N–H and O–H groups in total. The zero-order valence-electron chi connectivity index (χ0n) is 19.4. The third-order valence-electron chi connectivity index (χ3n) is 6.67. The van der Waals surface area contributed by atoms with Gasteiger partial charge in [0.05, 0.1) is 12.8 Å².